The number of rotatable bonds is 6. The summed E-state index contributed by atoms with van der Waals surface area (Å²) in [6, 6.07) is 2.00. The molecule has 0 fully saturated rings. The second-order valence-electron chi connectivity index (χ2n) is 3.84. The molecule has 0 spiro atoms. The van der Waals surface area contributed by atoms with E-state index in [0.29, 0.717) is 18.8 Å². The predicted molar refractivity (Wildman–Crippen MR) is 81.7 cm³/mol. The second kappa shape index (κ2) is 6.45. The lowest BCUT2D eigenvalue weighted by Crippen LogP contribution is -2.31. The van der Waals surface area contributed by atoms with E-state index in [1.54, 1.807) is 33.8 Å². The van der Waals surface area contributed by atoms with Crippen molar-refractivity contribution in [2.24, 2.45) is 0 Å². The number of nitrogens with zero attached hydrogens (tertiary/aromatic N) is 2. The van der Waals surface area contributed by atoms with Gasteiger partial charge in [0.15, 0.2) is 0 Å². The monoisotopic (exact) mass is 290 g/mol. The van der Waals surface area contributed by atoms with E-state index in [2.05, 4.69) is 18.1 Å². The minimum Gasteiger partial charge on any atom is -0.330 e. The first-order valence-electron chi connectivity index (χ1n) is 5.75. The van der Waals surface area contributed by atoms with Crippen molar-refractivity contribution in [1.29, 1.82) is 0 Å². The SMILES string of the molecule is C=CCN(CC=C)C(=O)c1csc(-c2ccsc2)n1. The van der Waals surface area contributed by atoms with Gasteiger partial charge in [0.2, 0.25) is 0 Å². The largest absolute Gasteiger partial charge is 0.330 e. The third-order valence-electron chi connectivity index (χ3n) is 2.48. The number of thiophene rings is 1. The van der Waals surface area contributed by atoms with Crippen molar-refractivity contribution in [3.63, 3.8) is 0 Å². The lowest BCUT2D eigenvalue weighted by Gasteiger charge is -2.17. The van der Waals surface area contributed by atoms with E-state index in [9.17, 15) is 4.79 Å². The third-order valence-corrected chi connectivity index (χ3v) is 4.05. The summed E-state index contributed by atoms with van der Waals surface area (Å²) in [4.78, 5) is 18.3. The lowest BCUT2D eigenvalue weighted by molar-refractivity contribution is 0.0786. The average Bonchev–Trinajstić information content (AvgIpc) is 3.08. The van der Waals surface area contributed by atoms with Crippen LogP contribution in [0.5, 0.6) is 0 Å². The molecule has 0 bridgehead atoms. The van der Waals surface area contributed by atoms with Crippen molar-refractivity contribution in [2.45, 2.75) is 0 Å². The normalized spacial score (nSPS) is 10.1. The molecule has 98 valence electrons. The highest BCUT2D eigenvalue weighted by atomic mass is 32.1. The van der Waals surface area contributed by atoms with E-state index in [1.165, 1.54) is 11.3 Å². The molecule has 0 atom stereocenters. The molecule has 2 aromatic rings. The molecular formula is C14H14N2OS2. The first-order chi connectivity index (χ1) is 9.26. The summed E-state index contributed by atoms with van der Waals surface area (Å²) in [7, 11) is 0. The fourth-order valence-electron chi connectivity index (χ4n) is 1.60. The number of carbonyl (C=O) groups is 1. The zero-order chi connectivity index (χ0) is 13.7. The predicted octanol–water partition coefficient (Wildman–Crippen LogP) is 3.69. The Hall–Kier alpha value is -1.72. The van der Waals surface area contributed by atoms with Gasteiger partial charge in [-0.2, -0.15) is 11.3 Å². The summed E-state index contributed by atoms with van der Waals surface area (Å²) in [5.74, 6) is -0.0856. The maximum Gasteiger partial charge on any atom is 0.273 e. The molecule has 0 aliphatic heterocycles. The molecule has 0 unspecified atom stereocenters. The molecule has 0 aliphatic carbocycles. The standard InChI is InChI=1S/C14H14N2OS2/c1-3-6-16(7-4-2)14(17)12-10-19-13(15-12)11-5-8-18-9-11/h3-5,8-10H,1-2,6-7H2. The quantitative estimate of drug-likeness (QED) is 0.760. The van der Waals surface area contributed by atoms with Gasteiger partial charge in [-0.15, -0.1) is 24.5 Å². The number of hydrogen-bond donors (Lipinski definition) is 0. The van der Waals surface area contributed by atoms with Gasteiger partial charge in [0.1, 0.15) is 10.7 Å². The summed E-state index contributed by atoms with van der Waals surface area (Å²) in [5, 5.41) is 6.70. The van der Waals surface area contributed by atoms with Gasteiger partial charge in [-0.1, -0.05) is 12.2 Å². The van der Waals surface area contributed by atoms with Gasteiger partial charge in [-0.25, -0.2) is 4.98 Å². The molecule has 3 nitrogen and oxygen atoms in total. The van der Waals surface area contributed by atoms with E-state index in [0.717, 1.165) is 10.6 Å². The van der Waals surface area contributed by atoms with Crippen LogP contribution in [0, 0.1) is 0 Å². The Morgan fingerprint density at radius 3 is 2.63 bits per heavy atom. The van der Waals surface area contributed by atoms with Crippen LogP contribution in [0.25, 0.3) is 10.6 Å². The van der Waals surface area contributed by atoms with Gasteiger partial charge < -0.3 is 4.90 Å². The van der Waals surface area contributed by atoms with E-state index in [1.807, 2.05) is 16.8 Å². The van der Waals surface area contributed by atoms with Crippen LogP contribution in [0.15, 0.2) is 47.5 Å². The first-order valence-corrected chi connectivity index (χ1v) is 7.57. The Labute approximate surface area is 120 Å². The molecule has 0 radical (unpaired) electrons. The summed E-state index contributed by atoms with van der Waals surface area (Å²) >= 11 is 3.11. The highest BCUT2D eigenvalue weighted by molar-refractivity contribution is 7.14. The van der Waals surface area contributed by atoms with Crippen LogP contribution in [0.3, 0.4) is 0 Å². The molecule has 0 aliphatic rings. The van der Waals surface area contributed by atoms with Crippen molar-refractivity contribution in [3.8, 4) is 10.6 Å². The minimum absolute atomic E-state index is 0.0856. The molecule has 0 N–H and O–H groups in total. The van der Waals surface area contributed by atoms with Gasteiger partial charge in [0.05, 0.1) is 0 Å². The Bertz CT molecular complexity index is 562. The molecule has 0 aromatic carbocycles. The fraction of sp³-hybridized carbons (Fsp3) is 0.143. The number of thiazole rings is 1. The van der Waals surface area contributed by atoms with Crippen LogP contribution >= 0.6 is 22.7 Å². The van der Waals surface area contributed by atoms with Crippen molar-refractivity contribution >= 4 is 28.6 Å². The highest BCUT2D eigenvalue weighted by Gasteiger charge is 2.17. The van der Waals surface area contributed by atoms with E-state index in [-0.39, 0.29) is 5.91 Å². The van der Waals surface area contributed by atoms with Crippen LogP contribution in [-0.4, -0.2) is 28.9 Å². The lowest BCUT2D eigenvalue weighted by atomic mass is 10.3. The minimum atomic E-state index is -0.0856. The van der Waals surface area contributed by atoms with E-state index in [4.69, 9.17) is 0 Å². The second-order valence-corrected chi connectivity index (χ2v) is 5.48. The topological polar surface area (TPSA) is 33.2 Å². The van der Waals surface area contributed by atoms with Gasteiger partial charge in [0, 0.05) is 29.4 Å². The number of aromatic nitrogens is 1. The fourth-order valence-corrected chi connectivity index (χ4v) is 3.11. The highest BCUT2D eigenvalue weighted by Crippen LogP contribution is 2.26. The first kappa shape index (κ1) is 13.7. The molecule has 19 heavy (non-hydrogen) atoms. The summed E-state index contributed by atoms with van der Waals surface area (Å²) < 4.78 is 0. The van der Waals surface area contributed by atoms with Gasteiger partial charge >= 0.3 is 0 Å². The molecule has 2 aromatic heterocycles. The maximum atomic E-state index is 12.3. The Morgan fingerprint density at radius 1 is 1.32 bits per heavy atom. The summed E-state index contributed by atoms with van der Waals surface area (Å²) in [6.45, 7) is 8.31. The van der Waals surface area contributed by atoms with E-state index >= 15 is 0 Å². The van der Waals surface area contributed by atoms with Crippen LogP contribution < -0.4 is 0 Å². The van der Waals surface area contributed by atoms with E-state index < -0.39 is 0 Å². The van der Waals surface area contributed by atoms with Crippen LogP contribution in [0.2, 0.25) is 0 Å². The average molecular weight is 290 g/mol. The van der Waals surface area contributed by atoms with Crippen molar-refractivity contribution in [2.75, 3.05) is 13.1 Å². The smallest absolute Gasteiger partial charge is 0.273 e. The number of hydrogen-bond acceptors (Lipinski definition) is 4. The van der Waals surface area contributed by atoms with Gasteiger partial charge in [-0.3, -0.25) is 4.79 Å². The molecule has 0 saturated heterocycles. The molecule has 2 rings (SSSR count). The molecular weight excluding hydrogens is 276 g/mol. The van der Waals surface area contributed by atoms with Gasteiger partial charge in [0.25, 0.3) is 5.91 Å². The van der Waals surface area contributed by atoms with Crippen molar-refractivity contribution < 1.29 is 4.79 Å². The van der Waals surface area contributed by atoms with Crippen LogP contribution in [-0.2, 0) is 0 Å². The Balaban J connectivity index is 2.19. The van der Waals surface area contributed by atoms with Crippen LogP contribution in [0.1, 0.15) is 10.5 Å². The van der Waals surface area contributed by atoms with Gasteiger partial charge in [-0.05, 0) is 11.4 Å². The third kappa shape index (κ3) is 3.19. The molecule has 2 heterocycles. The van der Waals surface area contributed by atoms with Crippen molar-refractivity contribution in [3.05, 3.63) is 53.2 Å². The number of carbonyl (C=O) groups excluding carboxylic acids is 1. The molecule has 1 amide bonds. The van der Waals surface area contributed by atoms with Crippen LogP contribution in [0.4, 0.5) is 0 Å². The molecule has 0 saturated carbocycles. The summed E-state index contributed by atoms with van der Waals surface area (Å²) in [6.07, 6.45) is 3.40. The maximum absolute atomic E-state index is 12.3. The zero-order valence-electron chi connectivity index (χ0n) is 10.4. The Kier molecular flexibility index (Phi) is 4.65. The molecule has 5 heteroatoms. The Morgan fingerprint density at radius 2 is 2.05 bits per heavy atom. The van der Waals surface area contributed by atoms with Crippen molar-refractivity contribution in [1.82, 2.24) is 9.88 Å². The summed E-state index contributed by atoms with van der Waals surface area (Å²) in [5.41, 5.74) is 1.54. The number of amides is 1. The zero-order valence-corrected chi connectivity index (χ0v) is 12.0.